The molecule has 0 radical (unpaired) electrons. The number of hydrogen-bond donors (Lipinski definition) is 1. The maximum absolute atomic E-state index is 13.3. The lowest BCUT2D eigenvalue weighted by Crippen LogP contribution is -2.41. The molecular formula is C21H23N5O3. The van der Waals surface area contributed by atoms with Gasteiger partial charge >= 0.3 is 0 Å². The fourth-order valence-corrected chi connectivity index (χ4v) is 3.83. The standard InChI is InChI=1S/C21H23N5O3/c1-12-6-8-15(9-7-12)26-20(22)16(11-23-26)19(27)17-5-4-10-25(17)21(28)18-13(2)24-29-14(18)3/h6-9,11,17H,4-5,10,22H2,1-3H3/t17-/m1/s1. The Bertz CT molecular complexity index is 1060. The lowest BCUT2D eigenvalue weighted by molar-refractivity contribution is 0.0670. The van der Waals surface area contributed by atoms with Crippen molar-refractivity contribution < 1.29 is 14.1 Å². The molecule has 8 heteroatoms. The maximum atomic E-state index is 13.3. The minimum Gasteiger partial charge on any atom is -0.383 e. The third kappa shape index (κ3) is 3.20. The van der Waals surface area contributed by atoms with Crippen molar-refractivity contribution in [2.75, 3.05) is 12.3 Å². The van der Waals surface area contributed by atoms with Crippen molar-refractivity contribution in [3.05, 3.63) is 58.6 Å². The van der Waals surface area contributed by atoms with Crippen LogP contribution in [0.5, 0.6) is 0 Å². The first-order valence-corrected chi connectivity index (χ1v) is 9.57. The molecule has 1 saturated heterocycles. The predicted octanol–water partition coefficient (Wildman–Crippen LogP) is 2.86. The summed E-state index contributed by atoms with van der Waals surface area (Å²) in [4.78, 5) is 27.9. The number of amides is 1. The number of ketones is 1. The summed E-state index contributed by atoms with van der Waals surface area (Å²) in [5.41, 5.74) is 9.44. The summed E-state index contributed by atoms with van der Waals surface area (Å²) in [5.74, 6) is 0.299. The molecule has 1 atom stereocenters. The second-order valence-corrected chi connectivity index (χ2v) is 7.41. The first-order valence-electron chi connectivity index (χ1n) is 9.57. The van der Waals surface area contributed by atoms with Crippen LogP contribution in [-0.2, 0) is 0 Å². The number of likely N-dealkylation sites (tertiary alicyclic amines) is 1. The number of carbonyl (C=O) groups excluding carboxylic acids is 2. The van der Waals surface area contributed by atoms with Gasteiger partial charge in [-0.2, -0.15) is 5.10 Å². The van der Waals surface area contributed by atoms with Gasteiger partial charge in [-0.3, -0.25) is 9.59 Å². The quantitative estimate of drug-likeness (QED) is 0.683. The molecule has 0 unspecified atom stereocenters. The van der Waals surface area contributed by atoms with Crippen LogP contribution < -0.4 is 5.73 Å². The molecule has 0 saturated carbocycles. The highest BCUT2D eigenvalue weighted by Gasteiger charge is 2.38. The van der Waals surface area contributed by atoms with Crippen LogP contribution in [0.2, 0.25) is 0 Å². The van der Waals surface area contributed by atoms with Gasteiger partial charge in [0.1, 0.15) is 17.1 Å². The Hall–Kier alpha value is -3.42. The second kappa shape index (κ2) is 7.20. The van der Waals surface area contributed by atoms with E-state index in [2.05, 4.69) is 10.3 Å². The maximum Gasteiger partial charge on any atom is 0.259 e. The van der Waals surface area contributed by atoms with Crippen LogP contribution in [0.3, 0.4) is 0 Å². The average molecular weight is 393 g/mol. The molecule has 1 aliphatic heterocycles. The molecular weight excluding hydrogens is 370 g/mol. The smallest absolute Gasteiger partial charge is 0.259 e. The van der Waals surface area contributed by atoms with Crippen LogP contribution in [0.15, 0.2) is 35.0 Å². The topological polar surface area (TPSA) is 107 Å². The molecule has 2 aromatic heterocycles. The van der Waals surface area contributed by atoms with Crippen LogP contribution in [0.1, 0.15) is 50.6 Å². The lowest BCUT2D eigenvalue weighted by atomic mass is 10.0. The van der Waals surface area contributed by atoms with E-state index >= 15 is 0 Å². The van der Waals surface area contributed by atoms with Gasteiger partial charge in [0, 0.05) is 6.54 Å². The van der Waals surface area contributed by atoms with Crippen molar-refractivity contribution in [2.24, 2.45) is 0 Å². The molecule has 1 aromatic carbocycles. The van der Waals surface area contributed by atoms with E-state index in [1.165, 1.54) is 6.20 Å². The summed E-state index contributed by atoms with van der Waals surface area (Å²) < 4.78 is 6.66. The number of carbonyl (C=O) groups is 2. The first kappa shape index (κ1) is 18.9. The van der Waals surface area contributed by atoms with E-state index in [-0.39, 0.29) is 17.5 Å². The molecule has 150 valence electrons. The van der Waals surface area contributed by atoms with Gasteiger partial charge in [0.15, 0.2) is 5.78 Å². The number of benzene rings is 1. The second-order valence-electron chi connectivity index (χ2n) is 7.41. The van der Waals surface area contributed by atoms with Gasteiger partial charge in [-0.25, -0.2) is 4.68 Å². The Balaban J connectivity index is 1.62. The highest BCUT2D eigenvalue weighted by atomic mass is 16.5. The molecule has 29 heavy (non-hydrogen) atoms. The van der Waals surface area contributed by atoms with Crippen LogP contribution >= 0.6 is 0 Å². The molecule has 0 aliphatic carbocycles. The Morgan fingerprint density at radius 1 is 1.17 bits per heavy atom. The Labute approximate surface area is 168 Å². The van der Waals surface area contributed by atoms with Crippen molar-refractivity contribution in [1.29, 1.82) is 0 Å². The largest absolute Gasteiger partial charge is 0.383 e. The molecule has 1 aliphatic rings. The first-order chi connectivity index (χ1) is 13.9. The molecule has 0 spiro atoms. The van der Waals surface area contributed by atoms with E-state index in [0.29, 0.717) is 35.5 Å². The van der Waals surface area contributed by atoms with Crippen LogP contribution in [-0.4, -0.2) is 44.1 Å². The molecule has 0 bridgehead atoms. The molecule has 4 rings (SSSR count). The molecule has 3 heterocycles. The molecule has 3 aromatic rings. The Morgan fingerprint density at radius 3 is 2.55 bits per heavy atom. The normalized spacial score (nSPS) is 16.4. The zero-order chi connectivity index (χ0) is 20.7. The zero-order valence-electron chi connectivity index (χ0n) is 16.7. The minimum absolute atomic E-state index is 0.196. The van der Waals surface area contributed by atoms with Crippen molar-refractivity contribution in [1.82, 2.24) is 19.8 Å². The molecule has 1 amide bonds. The summed E-state index contributed by atoms with van der Waals surface area (Å²) in [5, 5.41) is 8.15. The van der Waals surface area contributed by atoms with E-state index in [1.54, 1.807) is 23.4 Å². The fourth-order valence-electron chi connectivity index (χ4n) is 3.83. The summed E-state index contributed by atoms with van der Waals surface area (Å²) in [7, 11) is 0. The summed E-state index contributed by atoms with van der Waals surface area (Å²) in [6.07, 6.45) is 2.81. The number of anilines is 1. The number of nitrogens with zero attached hydrogens (tertiary/aromatic N) is 4. The van der Waals surface area contributed by atoms with Gasteiger partial charge in [0.25, 0.3) is 5.91 Å². The number of nitrogens with two attached hydrogens (primary N) is 1. The van der Waals surface area contributed by atoms with Crippen LogP contribution in [0, 0.1) is 20.8 Å². The number of aromatic nitrogens is 3. The summed E-state index contributed by atoms with van der Waals surface area (Å²) in [6, 6.07) is 7.14. The minimum atomic E-state index is -0.575. The zero-order valence-corrected chi connectivity index (χ0v) is 16.7. The Kier molecular flexibility index (Phi) is 4.70. The third-order valence-electron chi connectivity index (χ3n) is 5.41. The van der Waals surface area contributed by atoms with E-state index < -0.39 is 6.04 Å². The molecule has 1 fully saturated rings. The highest BCUT2D eigenvalue weighted by molar-refractivity contribution is 6.07. The van der Waals surface area contributed by atoms with Gasteiger partial charge < -0.3 is 15.2 Å². The van der Waals surface area contributed by atoms with E-state index in [1.807, 2.05) is 31.2 Å². The van der Waals surface area contributed by atoms with Crippen LogP contribution in [0.4, 0.5) is 5.82 Å². The van der Waals surface area contributed by atoms with Crippen LogP contribution in [0.25, 0.3) is 5.69 Å². The highest BCUT2D eigenvalue weighted by Crippen LogP contribution is 2.28. The number of nitrogen functional groups attached to an aromatic ring is 1. The van der Waals surface area contributed by atoms with Gasteiger partial charge in [-0.15, -0.1) is 0 Å². The molecule has 2 N–H and O–H groups in total. The lowest BCUT2D eigenvalue weighted by Gasteiger charge is -2.23. The number of rotatable bonds is 4. The number of aryl methyl sites for hydroxylation is 3. The van der Waals surface area contributed by atoms with Gasteiger partial charge in [-0.05, 0) is 45.7 Å². The Morgan fingerprint density at radius 2 is 1.90 bits per heavy atom. The third-order valence-corrected chi connectivity index (χ3v) is 5.41. The average Bonchev–Trinajstić information content (AvgIpc) is 3.41. The van der Waals surface area contributed by atoms with Crippen molar-refractivity contribution in [3.63, 3.8) is 0 Å². The van der Waals surface area contributed by atoms with Gasteiger partial charge in [0.05, 0.1) is 29.2 Å². The van der Waals surface area contributed by atoms with Gasteiger partial charge in [0.2, 0.25) is 0 Å². The fraction of sp³-hybridized carbons (Fsp3) is 0.333. The predicted molar refractivity (Wildman–Crippen MR) is 107 cm³/mol. The summed E-state index contributed by atoms with van der Waals surface area (Å²) >= 11 is 0. The monoisotopic (exact) mass is 393 g/mol. The van der Waals surface area contributed by atoms with E-state index in [4.69, 9.17) is 10.3 Å². The summed E-state index contributed by atoms with van der Waals surface area (Å²) in [6.45, 7) is 5.92. The SMILES string of the molecule is Cc1ccc(-n2ncc(C(=O)[C@H]3CCCN3C(=O)c3c(C)noc3C)c2N)cc1. The molecule has 8 nitrogen and oxygen atoms in total. The van der Waals surface area contributed by atoms with Crippen molar-refractivity contribution in [3.8, 4) is 5.69 Å². The van der Waals surface area contributed by atoms with E-state index in [0.717, 1.165) is 17.7 Å². The van der Waals surface area contributed by atoms with Crippen molar-refractivity contribution in [2.45, 2.75) is 39.7 Å². The number of hydrogen-bond acceptors (Lipinski definition) is 6. The number of Topliss-reactive ketones (excluding diaryl/α,β-unsaturated/α-hetero) is 1. The van der Waals surface area contributed by atoms with Crippen molar-refractivity contribution >= 4 is 17.5 Å². The van der Waals surface area contributed by atoms with Gasteiger partial charge in [-0.1, -0.05) is 22.9 Å². The van der Waals surface area contributed by atoms with E-state index in [9.17, 15) is 9.59 Å².